The van der Waals surface area contributed by atoms with E-state index in [-0.39, 0.29) is 17.4 Å². The summed E-state index contributed by atoms with van der Waals surface area (Å²) in [6.45, 7) is 1.90. The molecule has 0 aliphatic carbocycles. The van der Waals surface area contributed by atoms with Crippen LogP contribution < -0.4 is 0 Å². The lowest BCUT2D eigenvalue weighted by molar-refractivity contribution is -0.139. The molecule has 3 amide bonds. The van der Waals surface area contributed by atoms with Crippen molar-refractivity contribution >= 4 is 57.4 Å². The highest BCUT2D eigenvalue weighted by atomic mass is 35.5. The third-order valence-corrected chi connectivity index (χ3v) is 7.25. The number of hydrogen-bond acceptors (Lipinski definition) is 5. The smallest absolute Gasteiger partial charge is 0.294 e. The van der Waals surface area contributed by atoms with Crippen LogP contribution in [0.2, 0.25) is 5.02 Å². The van der Waals surface area contributed by atoms with Crippen molar-refractivity contribution in [3.63, 3.8) is 0 Å². The molecule has 2 saturated heterocycles. The predicted molar refractivity (Wildman–Crippen MR) is 133 cm³/mol. The molecule has 2 aliphatic rings. The van der Waals surface area contributed by atoms with Crippen molar-refractivity contribution in [2.45, 2.75) is 6.54 Å². The fourth-order valence-electron chi connectivity index (χ4n) is 4.18. The SMILES string of the molecule is O=C(CN1C(=O)S/C(=C\c2cn(Cc3ccc(F)cc3Cl)c3ccccc23)C1=O)N1CCOCC1. The van der Waals surface area contributed by atoms with Crippen LogP contribution in [0.25, 0.3) is 17.0 Å². The Kier molecular flexibility index (Phi) is 6.64. The molecule has 35 heavy (non-hydrogen) atoms. The van der Waals surface area contributed by atoms with Crippen molar-refractivity contribution in [1.82, 2.24) is 14.4 Å². The van der Waals surface area contributed by atoms with Crippen molar-refractivity contribution in [3.8, 4) is 0 Å². The van der Waals surface area contributed by atoms with Crippen LogP contribution in [0.4, 0.5) is 9.18 Å². The fraction of sp³-hybridized carbons (Fsp3) is 0.240. The van der Waals surface area contributed by atoms with Crippen LogP contribution in [-0.4, -0.2) is 64.3 Å². The van der Waals surface area contributed by atoms with Crippen molar-refractivity contribution in [2.75, 3.05) is 32.8 Å². The number of carbonyl (C=O) groups is 3. The van der Waals surface area contributed by atoms with Gasteiger partial charge in [0.15, 0.2) is 0 Å². The molecule has 0 radical (unpaired) electrons. The summed E-state index contributed by atoms with van der Waals surface area (Å²) in [5.74, 6) is -1.16. The first-order chi connectivity index (χ1) is 16.9. The van der Waals surface area contributed by atoms with Crippen molar-refractivity contribution in [1.29, 1.82) is 0 Å². The number of nitrogens with zero attached hydrogens (tertiary/aromatic N) is 3. The van der Waals surface area contributed by atoms with E-state index >= 15 is 0 Å². The van der Waals surface area contributed by atoms with Gasteiger partial charge in [0.2, 0.25) is 5.91 Å². The molecule has 5 rings (SSSR count). The Hall–Kier alpha value is -3.14. The minimum atomic E-state index is -0.486. The van der Waals surface area contributed by atoms with Crippen LogP contribution in [-0.2, 0) is 20.9 Å². The number of ether oxygens (including phenoxy) is 1. The third-order valence-electron chi connectivity index (χ3n) is 5.99. The number of rotatable bonds is 5. The Morgan fingerprint density at radius 2 is 1.91 bits per heavy atom. The normalized spacial score (nSPS) is 17.7. The van der Waals surface area contributed by atoms with Gasteiger partial charge in [-0.3, -0.25) is 19.3 Å². The highest BCUT2D eigenvalue weighted by Gasteiger charge is 2.37. The van der Waals surface area contributed by atoms with Gasteiger partial charge in [0.05, 0.1) is 18.1 Å². The van der Waals surface area contributed by atoms with Crippen LogP contribution in [0.15, 0.2) is 53.6 Å². The molecule has 0 saturated carbocycles. The second-order valence-electron chi connectivity index (χ2n) is 8.23. The van der Waals surface area contributed by atoms with E-state index in [1.807, 2.05) is 35.0 Å². The molecule has 1 aromatic heterocycles. The fourth-order valence-corrected chi connectivity index (χ4v) is 5.24. The number of halogens is 2. The van der Waals surface area contributed by atoms with Gasteiger partial charge >= 0.3 is 0 Å². The summed E-state index contributed by atoms with van der Waals surface area (Å²) < 4.78 is 20.7. The highest BCUT2D eigenvalue weighted by molar-refractivity contribution is 8.18. The van der Waals surface area contributed by atoms with E-state index in [1.165, 1.54) is 12.1 Å². The first-order valence-corrected chi connectivity index (χ1v) is 12.2. The quantitative estimate of drug-likeness (QED) is 0.474. The van der Waals surface area contributed by atoms with E-state index in [9.17, 15) is 18.8 Å². The zero-order valence-electron chi connectivity index (χ0n) is 18.6. The van der Waals surface area contributed by atoms with Gasteiger partial charge in [-0.2, -0.15) is 0 Å². The second-order valence-corrected chi connectivity index (χ2v) is 9.63. The molecule has 2 aliphatic heterocycles. The first-order valence-electron chi connectivity index (χ1n) is 11.0. The number of imide groups is 1. The Bertz CT molecular complexity index is 1370. The van der Waals surface area contributed by atoms with Crippen molar-refractivity contribution < 1.29 is 23.5 Å². The summed E-state index contributed by atoms with van der Waals surface area (Å²) in [6, 6.07) is 11.9. The van der Waals surface area contributed by atoms with Crippen LogP contribution >= 0.6 is 23.4 Å². The van der Waals surface area contributed by atoms with Gasteiger partial charge in [0, 0.05) is 47.3 Å². The van der Waals surface area contributed by atoms with Crippen molar-refractivity contribution in [3.05, 3.63) is 75.5 Å². The highest BCUT2D eigenvalue weighted by Crippen LogP contribution is 2.34. The van der Waals surface area contributed by atoms with Crippen LogP contribution in [0.1, 0.15) is 11.1 Å². The Morgan fingerprint density at radius 3 is 2.69 bits per heavy atom. The monoisotopic (exact) mass is 513 g/mol. The van der Waals surface area contributed by atoms with Gasteiger partial charge in [-0.15, -0.1) is 0 Å². The number of hydrogen-bond donors (Lipinski definition) is 0. The minimum Gasteiger partial charge on any atom is -0.378 e. The van der Waals surface area contributed by atoms with E-state index in [2.05, 4.69) is 0 Å². The van der Waals surface area contributed by atoms with Crippen LogP contribution in [0.3, 0.4) is 0 Å². The molecule has 3 aromatic rings. The van der Waals surface area contributed by atoms with Gasteiger partial charge in [-0.1, -0.05) is 35.9 Å². The van der Waals surface area contributed by atoms with Gasteiger partial charge < -0.3 is 14.2 Å². The summed E-state index contributed by atoms with van der Waals surface area (Å²) in [5, 5.41) is 0.752. The lowest BCUT2D eigenvalue weighted by Gasteiger charge is -2.28. The van der Waals surface area contributed by atoms with E-state index < -0.39 is 17.0 Å². The molecule has 2 aromatic carbocycles. The molecule has 2 fully saturated rings. The summed E-state index contributed by atoms with van der Waals surface area (Å²) in [4.78, 5) is 41.0. The zero-order chi connectivity index (χ0) is 24.5. The number of carbonyl (C=O) groups excluding carboxylic acids is 3. The molecule has 0 unspecified atom stereocenters. The largest absolute Gasteiger partial charge is 0.378 e. The number of para-hydroxylation sites is 1. The van der Waals surface area contributed by atoms with Gasteiger partial charge in [0.1, 0.15) is 12.4 Å². The average molecular weight is 514 g/mol. The maximum atomic E-state index is 13.5. The maximum Gasteiger partial charge on any atom is 0.294 e. The Balaban J connectivity index is 1.41. The number of fused-ring (bicyclic) bond motifs is 1. The molecule has 0 bridgehead atoms. The number of amides is 3. The third kappa shape index (κ3) is 4.84. The molecule has 10 heteroatoms. The van der Waals surface area contributed by atoms with Crippen LogP contribution in [0.5, 0.6) is 0 Å². The lowest BCUT2D eigenvalue weighted by atomic mass is 10.1. The maximum absolute atomic E-state index is 13.5. The molecule has 0 N–H and O–H groups in total. The summed E-state index contributed by atoms with van der Waals surface area (Å²) in [6.07, 6.45) is 3.55. The predicted octanol–water partition coefficient (Wildman–Crippen LogP) is 4.38. The van der Waals surface area contributed by atoms with Crippen LogP contribution in [0, 0.1) is 5.82 Å². The van der Waals surface area contributed by atoms with E-state index in [0.29, 0.717) is 37.9 Å². The van der Waals surface area contributed by atoms with E-state index in [0.717, 1.165) is 38.7 Å². The second kappa shape index (κ2) is 9.85. The molecular formula is C25H21ClFN3O4S. The first kappa shape index (κ1) is 23.6. The number of aromatic nitrogens is 1. The van der Waals surface area contributed by atoms with Crippen molar-refractivity contribution in [2.24, 2.45) is 0 Å². The molecule has 0 spiro atoms. The summed E-state index contributed by atoms with van der Waals surface area (Å²) >= 11 is 7.05. The molecule has 0 atom stereocenters. The number of benzene rings is 2. The average Bonchev–Trinajstić information content (AvgIpc) is 3.33. The standard InChI is InChI=1S/C25H21ClFN3O4S/c26-20-12-18(27)6-5-16(20)13-29-14-17(19-3-1-2-4-21(19)29)11-22-24(32)30(25(33)35-22)15-23(31)28-7-9-34-10-8-28/h1-6,11-12,14H,7-10,13,15H2/b22-11-. The zero-order valence-corrected chi connectivity index (χ0v) is 20.2. The Morgan fingerprint density at radius 1 is 1.14 bits per heavy atom. The number of morpholine rings is 1. The summed E-state index contributed by atoms with van der Waals surface area (Å²) in [7, 11) is 0. The van der Waals surface area contributed by atoms with Gasteiger partial charge in [0.25, 0.3) is 11.1 Å². The summed E-state index contributed by atoms with van der Waals surface area (Å²) in [5.41, 5.74) is 2.41. The lowest BCUT2D eigenvalue weighted by Crippen LogP contribution is -2.46. The van der Waals surface area contributed by atoms with Gasteiger partial charge in [-0.25, -0.2) is 4.39 Å². The van der Waals surface area contributed by atoms with E-state index in [1.54, 1.807) is 17.0 Å². The molecule has 7 nitrogen and oxygen atoms in total. The topological polar surface area (TPSA) is 71.9 Å². The molecular weight excluding hydrogens is 493 g/mol. The van der Waals surface area contributed by atoms with Gasteiger partial charge in [-0.05, 0) is 41.6 Å². The molecule has 180 valence electrons. The molecule has 3 heterocycles. The van der Waals surface area contributed by atoms with E-state index in [4.69, 9.17) is 16.3 Å². The number of thioether (sulfide) groups is 1. The Labute approximate surface area is 210 Å². The minimum absolute atomic E-state index is 0.257.